The zero-order valence-electron chi connectivity index (χ0n) is 21.8. The number of rotatable bonds is 4. The van der Waals surface area contributed by atoms with Crippen LogP contribution in [0.2, 0.25) is 0 Å². The van der Waals surface area contributed by atoms with Crippen LogP contribution in [-0.2, 0) is 19.0 Å². The summed E-state index contributed by atoms with van der Waals surface area (Å²) in [7, 11) is 0. The van der Waals surface area contributed by atoms with Gasteiger partial charge in [-0.05, 0) is 42.8 Å². The number of ether oxygens (including phenoxy) is 3. The first-order valence-electron chi connectivity index (χ1n) is 12.8. The summed E-state index contributed by atoms with van der Waals surface area (Å²) >= 11 is 3.62. The number of urea groups is 1. The summed E-state index contributed by atoms with van der Waals surface area (Å²) in [5, 5.41) is 3.20. The molecule has 0 unspecified atom stereocenters. The number of aromatic nitrogens is 2. The standard InChI is InChI=1S/C25H33BrN6O6/c1-25(2,3)38-24(35)30-8-6-29(7-9-30)13-21-36-14-17(15-37-21)32-12-19(26)18-10-16(11-27-22(18)32)31-5-4-20(33)28-23(31)34/h10-12,17,21H,4-9,13-15H2,1-3H3,(H,28,33,34). The topological polar surface area (TPSA) is 118 Å². The smallest absolute Gasteiger partial charge is 0.410 e. The van der Waals surface area contributed by atoms with Crippen molar-refractivity contribution in [1.82, 2.24) is 24.7 Å². The van der Waals surface area contributed by atoms with E-state index in [1.807, 2.05) is 37.6 Å². The van der Waals surface area contributed by atoms with Gasteiger partial charge in [-0.15, -0.1) is 0 Å². The molecule has 206 valence electrons. The summed E-state index contributed by atoms with van der Waals surface area (Å²) in [6.07, 6.45) is 3.23. The molecule has 5 heterocycles. The maximum Gasteiger partial charge on any atom is 0.410 e. The van der Waals surface area contributed by atoms with Gasteiger partial charge in [0, 0.05) is 61.7 Å². The average Bonchev–Trinajstić information content (AvgIpc) is 3.19. The van der Waals surface area contributed by atoms with Crippen LogP contribution in [0.4, 0.5) is 15.3 Å². The van der Waals surface area contributed by atoms with Crippen molar-refractivity contribution in [3.63, 3.8) is 0 Å². The number of halogens is 1. The van der Waals surface area contributed by atoms with Crippen LogP contribution in [-0.4, -0.2) is 102 Å². The molecule has 0 aromatic carbocycles. The van der Waals surface area contributed by atoms with Gasteiger partial charge in [-0.1, -0.05) is 0 Å². The normalized spacial score (nSPS) is 23.6. The molecule has 3 aliphatic rings. The summed E-state index contributed by atoms with van der Waals surface area (Å²) < 4.78 is 20.5. The molecule has 3 fully saturated rings. The molecule has 12 nitrogen and oxygen atoms in total. The highest BCUT2D eigenvalue weighted by Gasteiger charge is 2.31. The van der Waals surface area contributed by atoms with Crippen molar-refractivity contribution in [3.05, 3.63) is 22.9 Å². The fourth-order valence-electron chi connectivity index (χ4n) is 4.77. The number of anilines is 1. The number of hydrogen-bond acceptors (Lipinski definition) is 8. The zero-order valence-corrected chi connectivity index (χ0v) is 23.4. The summed E-state index contributed by atoms with van der Waals surface area (Å²) in [4.78, 5) is 46.1. The third-order valence-corrected chi connectivity index (χ3v) is 7.38. The summed E-state index contributed by atoms with van der Waals surface area (Å²) in [6.45, 7) is 10.2. The monoisotopic (exact) mass is 592 g/mol. The molecule has 3 aliphatic heterocycles. The van der Waals surface area contributed by atoms with E-state index in [-0.39, 0.29) is 30.8 Å². The van der Waals surface area contributed by atoms with E-state index in [9.17, 15) is 14.4 Å². The van der Waals surface area contributed by atoms with Crippen LogP contribution in [0.3, 0.4) is 0 Å². The van der Waals surface area contributed by atoms with E-state index in [2.05, 4.69) is 31.1 Å². The van der Waals surface area contributed by atoms with Crippen molar-refractivity contribution >= 4 is 50.7 Å². The second-order valence-electron chi connectivity index (χ2n) is 10.7. The minimum atomic E-state index is -0.502. The van der Waals surface area contributed by atoms with Crippen LogP contribution in [0, 0.1) is 0 Å². The van der Waals surface area contributed by atoms with Gasteiger partial charge < -0.3 is 23.7 Å². The molecule has 2 aromatic rings. The third kappa shape index (κ3) is 5.95. The molecule has 13 heteroatoms. The molecule has 0 saturated carbocycles. The van der Waals surface area contributed by atoms with Crippen LogP contribution in [0.5, 0.6) is 0 Å². The van der Waals surface area contributed by atoms with E-state index in [0.29, 0.717) is 45.1 Å². The Morgan fingerprint density at radius 2 is 1.87 bits per heavy atom. The molecule has 0 bridgehead atoms. The zero-order chi connectivity index (χ0) is 27.0. The highest BCUT2D eigenvalue weighted by atomic mass is 79.9. The minimum absolute atomic E-state index is 0.0571. The van der Waals surface area contributed by atoms with Gasteiger partial charge in [0.15, 0.2) is 6.29 Å². The predicted molar refractivity (Wildman–Crippen MR) is 142 cm³/mol. The van der Waals surface area contributed by atoms with Gasteiger partial charge >= 0.3 is 12.1 Å². The first-order valence-corrected chi connectivity index (χ1v) is 13.6. The number of carbonyl (C=O) groups is 3. The molecular formula is C25H33BrN6O6. The second-order valence-corrected chi connectivity index (χ2v) is 11.6. The lowest BCUT2D eigenvalue weighted by atomic mass is 10.2. The molecule has 0 atom stereocenters. The number of nitrogens with zero attached hydrogens (tertiary/aromatic N) is 5. The maximum absolute atomic E-state index is 12.3. The lowest BCUT2D eigenvalue weighted by Gasteiger charge is -2.38. The fraction of sp³-hybridized carbons (Fsp3) is 0.600. The summed E-state index contributed by atoms with van der Waals surface area (Å²) in [6, 6.07) is 1.39. The molecule has 3 saturated heterocycles. The first kappa shape index (κ1) is 26.9. The van der Waals surface area contributed by atoms with Crippen LogP contribution in [0.15, 0.2) is 22.9 Å². The van der Waals surface area contributed by atoms with E-state index >= 15 is 0 Å². The SMILES string of the molecule is CC(C)(C)OC(=O)N1CCN(CC2OCC(n3cc(Br)c4cc(N5CCC(=O)NC5=O)cnc43)CO2)CC1. The molecule has 2 aromatic heterocycles. The Labute approximate surface area is 229 Å². The average molecular weight is 593 g/mol. The summed E-state index contributed by atoms with van der Waals surface area (Å²) in [5.74, 6) is -0.272. The van der Waals surface area contributed by atoms with E-state index in [4.69, 9.17) is 14.2 Å². The van der Waals surface area contributed by atoms with Crippen molar-refractivity contribution < 1.29 is 28.6 Å². The largest absolute Gasteiger partial charge is 0.444 e. The third-order valence-electron chi connectivity index (χ3n) is 6.75. The highest BCUT2D eigenvalue weighted by Crippen LogP contribution is 2.32. The number of piperazine rings is 1. The van der Waals surface area contributed by atoms with Gasteiger partial charge in [-0.25, -0.2) is 14.6 Å². The second kappa shape index (κ2) is 10.8. The first-order chi connectivity index (χ1) is 18.1. The van der Waals surface area contributed by atoms with Crippen LogP contribution >= 0.6 is 15.9 Å². The van der Waals surface area contributed by atoms with E-state index in [1.54, 1.807) is 11.1 Å². The van der Waals surface area contributed by atoms with Crippen LogP contribution < -0.4 is 10.2 Å². The molecule has 5 rings (SSSR count). The van der Waals surface area contributed by atoms with Crippen LogP contribution in [0.25, 0.3) is 11.0 Å². The van der Waals surface area contributed by atoms with Gasteiger partial charge in [-0.3, -0.25) is 19.9 Å². The maximum atomic E-state index is 12.3. The van der Waals surface area contributed by atoms with E-state index < -0.39 is 11.6 Å². The molecule has 4 amide bonds. The van der Waals surface area contributed by atoms with E-state index in [0.717, 1.165) is 28.6 Å². The van der Waals surface area contributed by atoms with Crippen LogP contribution in [0.1, 0.15) is 33.2 Å². The highest BCUT2D eigenvalue weighted by molar-refractivity contribution is 9.10. The number of carbonyl (C=O) groups excluding carboxylic acids is 3. The van der Waals surface area contributed by atoms with Gasteiger partial charge in [0.25, 0.3) is 0 Å². The van der Waals surface area contributed by atoms with Crippen molar-refractivity contribution in [2.45, 2.75) is 45.1 Å². The van der Waals surface area contributed by atoms with Crippen molar-refractivity contribution in [1.29, 1.82) is 0 Å². The Kier molecular flexibility index (Phi) is 7.63. The van der Waals surface area contributed by atoms with Crippen molar-refractivity contribution in [2.75, 3.05) is 57.4 Å². The lowest BCUT2D eigenvalue weighted by Crippen LogP contribution is -2.52. The van der Waals surface area contributed by atoms with Gasteiger partial charge in [0.05, 0.1) is 31.1 Å². The number of hydrogen-bond donors (Lipinski definition) is 1. The Bertz CT molecular complexity index is 1210. The Morgan fingerprint density at radius 3 is 2.53 bits per heavy atom. The number of imide groups is 1. The molecular weight excluding hydrogens is 560 g/mol. The number of amides is 4. The van der Waals surface area contributed by atoms with Gasteiger partial charge in [0.1, 0.15) is 11.2 Å². The Hall–Kier alpha value is -2.74. The predicted octanol–water partition coefficient (Wildman–Crippen LogP) is 2.71. The molecule has 0 radical (unpaired) electrons. The molecule has 0 spiro atoms. The van der Waals surface area contributed by atoms with E-state index in [1.165, 1.54) is 4.90 Å². The molecule has 0 aliphatic carbocycles. The number of fused-ring (bicyclic) bond motifs is 1. The quantitative estimate of drug-likeness (QED) is 0.575. The molecule has 38 heavy (non-hydrogen) atoms. The van der Waals surface area contributed by atoms with Crippen molar-refractivity contribution in [2.24, 2.45) is 0 Å². The number of nitrogens with one attached hydrogen (secondary N) is 1. The lowest BCUT2D eigenvalue weighted by molar-refractivity contribution is -0.204. The van der Waals surface area contributed by atoms with Crippen molar-refractivity contribution in [3.8, 4) is 0 Å². The summed E-state index contributed by atoms with van der Waals surface area (Å²) in [5.41, 5.74) is 0.880. The molecule has 1 N–H and O–H groups in total. The minimum Gasteiger partial charge on any atom is -0.444 e. The Morgan fingerprint density at radius 1 is 1.16 bits per heavy atom. The van der Waals surface area contributed by atoms with Gasteiger partial charge in [0.2, 0.25) is 5.91 Å². The Balaban J connectivity index is 1.15. The fourth-order valence-corrected chi connectivity index (χ4v) is 5.28. The number of pyridine rings is 1. The van der Waals surface area contributed by atoms with Gasteiger partial charge in [-0.2, -0.15) is 0 Å².